The molecule has 0 aromatic heterocycles. The van der Waals surface area contributed by atoms with Gasteiger partial charge in [0.15, 0.2) is 0 Å². The van der Waals surface area contributed by atoms with Crippen LogP contribution in [0.4, 0.5) is 5.69 Å². The minimum absolute atomic E-state index is 0.371. The Labute approximate surface area is 114 Å². The van der Waals surface area contributed by atoms with E-state index in [1.54, 1.807) is 18.2 Å². The summed E-state index contributed by atoms with van der Waals surface area (Å²) in [7, 11) is 0. The van der Waals surface area contributed by atoms with Crippen LogP contribution < -0.4 is 10.5 Å². The molecule has 1 aromatic rings. The smallest absolute Gasteiger partial charge is 0.340 e. The van der Waals surface area contributed by atoms with Gasteiger partial charge in [0.25, 0.3) is 0 Å². The minimum Gasteiger partial charge on any atom is -0.494 e. The first kappa shape index (κ1) is 15.3. The number of anilines is 1. The fourth-order valence-corrected chi connectivity index (χ4v) is 1.49. The van der Waals surface area contributed by atoms with Crippen LogP contribution in [0.1, 0.15) is 44.0 Å². The van der Waals surface area contributed by atoms with E-state index >= 15 is 0 Å². The molecule has 4 heteroatoms. The summed E-state index contributed by atoms with van der Waals surface area (Å²) in [4.78, 5) is 11.8. The molecule has 0 fully saturated rings. The summed E-state index contributed by atoms with van der Waals surface area (Å²) < 4.78 is 10.7. The molecule has 0 heterocycles. The molecule has 0 saturated carbocycles. The van der Waals surface area contributed by atoms with Crippen LogP contribution in [0.5, 0.6) is 5.75 Å². The maximum absolute atomic E-state index is 11.8. The van der Waals surface area contributed by atoms with E-state index < -0.39 is 5.97 Å². The molecular weight excluding hydrogens is 242 g/mol. The van der Waals surface area contributed by atoms with Gasteiger partial charge in [0.1, 0.15) is 5.75 Å². The van der Waals surface area contributed by atoms with E-state index in [0.29, 0.717) is 36.1 Å². The van der Waals surface area contributed by atoms with Crippen molar-refractivity contribution in [2.45, 2.75) is 33.6 Å². The normalized spacial score (nSPS) is 10.5. The second-order valence-electron chi connectivity index (χ2n) is 4.92. The van der Waals surface area contributed by atoms with Crippen LogP contribution in [0.2, 0.25) is 0 Å². The predicted molar refractivity (Wildman–Crippen MR) is 76.4 cm³/mol. The number of esters is 1. The first-order chi connectivity index (χ1) is 9.04. The largest absolute Gasteiger partial charge is 0.494 e. The molecule has 1 aromatic carbocycles. The zero-order chi connectivity index (χ0) is 14.3. The third-order valence-corrected chi connectivity index (χ3v) is 2.65. The van der Waals surface area contributed by atoms with Crippen molar-refractivity contribution in [3.05, 3.63) is 23.8 Å². The van der Waals surface area contributed by atoms with Gasteiger partial charge in [0.05, 0.1) is 18.8 Å². The van der Waals surface area contributed by atoms with Gasteiger partial charge in [-0.05, 0) is 37.0 Å². The molecule has 1 rings (SSSR count). The van der Waals surface area contributed by atoms with Gasteiger partial charge in [-0.25, -0.2) is 4.79 Å². The van der Waals surface area contributed by atoms with Crippen LogP contribution in [0.15, 0.2) is 18.2 Å². The van der Waals surface area contributed by atoms with Crippen molar-refractivity contribution in [1.29, 1.82) is 0 Å². The molecule has 19 heavy (non-hydrogen) atoms. The van der Waals surface area contributed by atoms with Gasteiger partial charge < -0.3 is 15.2 Å². The van der Waals surface area contributed by atoms with Gasteiger partial charge in [-0.3, -0.25) is 0 Å². The Morgan fingerprint density at radius 2 is 2.05 bits per heavy atom. The van der Waals surface area contributed by atoms with Crippen molar-refractivity contribution in [1.82, 2.24) is 0 Å². The van der Waals surface area contributed by atoms with E-state index in [9.17, 15) is 4.79 Å². The van der Waals surface area contributed by atoms with Gasteiger partial charge in [-0.2, -0.15) is 0 Å². The fraction of sp³-hybridized carbons (Fsp3) is 0.533. The molecule has 106 valence electrons. The summed E-state index contributed by atoms with van der Waals surface area (Å²) in [6.45, 7) is 7.25. The average Bonchev–Trinajstić information content (AvgIpc) is 2.37. The van der Waals surface area contributed by atoms with Crippen molar-refractivity contribution in [3.8, 4) is 5.75 Å². The Morgan fingerprint density at radius 1 is 1.32 bits per heavy atom. The number of ether oxygens (including phenoxy) is 2. The average molecular weight is 265 g/mol. The lowest BCUT2D eigenvalue weighted by Gasteiger charge is -2.11. The van der Waals surface area contributed by atoms with Gasteiger partial charge in [0, 0.05) is 5.69 Å². The van der Waals surface area contributed by atoms with Gasteiger partial charge in [-0.15, -0.1) is 0 Å². The van der Waals surface area contributed by atoms with E-state index in [4.69, 9.17) is 15.2 Å². The van der Waals surface area contributed by atoms with Crippen LogP contribution in [-0.4, -0.2) is 19.2 Å². The lowest BCUT2D eigenvalue weighted by molar-refractivity contribution is 0.0506. The molecule has 0 radical (unpaired) electrons. The monoisotopic (exact) mass is 265 g/mol. The number of carbonyl (C=O) groups is 1. The Morgan fingerprint density at radius 3 is 2.68 bits per heavy atom. The second-order valence-corrected chi connectivity index (χ2v) is 4.92. The van der Waals surface area contributed by atoms with E-state index in [2.05, 4.69) is 13.8 Å². The first-order valence-electron chi connectivity index (χ1n) is 6.74. The van der Waals surface area contributed by atoms with Crippen molar-refractivity contribution in [2.24, 2.45) is 5.92 Å². The third-order valence-electron chi connectivity index (χ3n) is 2.65. The zero-order valence-corrected chi connectivity index (χ0v) is 11.9. The zero-order valence-electron chi connectivity index (χ0n) is 11.9. The molecule has 4 nitrogen and oxygen atoms in total. The highest BCUT2D eigenvalue weighted by atomic mass is 16.5. The molecule has 0 aliphatic carbocycles. The molecule has 0 atom stereocenters. The molecule has 0 bridgehead atoms. The number of carbonyl (C=O) groups excluding carboxylic acids is 1. The number of nitrogens with two attached hydrogens (primary N) is 1. The number of nitrogen functional groups attached to an aromatic ring is 1. The van der Waals surface area contributed by atoms with Crippen molar-refractivity contribution >= 4 is 11.7 Å². The highest BCUT2D eigenvalue weighted by Crippen LogP contribution is 2.21. The standard InChI is InChI=1S/C15H23NO3/c1-4-8-19-15(17)13-10-12(5-6-14(13)16)18-9-7-11(2)3/h5-6,10-11H,4,7-9,16H2,1-3H3. The molecular formula is C15H23NO3. The fourth-order valence-electron chi connectivity index (χ4n) is 1.49. The van der Waals surface area contributed by atoms with Crippen LogP contribution in [-0.2, 0) is 4.74 Å². The van der Waals surface area contributed by atoms with Crippen molar-refractivity contribution < 1.29 is 14.3 Å². The molecule has 0 saturated heterocycles. The highest BCUT2D eigenvalue weighted by molar-refractivity contribution is 5.95. The summed E-state index contributed by atoms with van der Waals surface area (Å²) in [5, 5.41) is 0. The molecule has 0 spiro atoms. The van der Waals surface area contributed by atoms with Crippen molar-refractivity contribution in [3.63, 3.8) is 0 Å². The molecule has 0 amide bonds. The summed E-state index contributed by atoms with van der Waals surface area (Å²) in [5.74, 6) is 0.842. The third kappa shape index (κ3) is 5.20. The number of hydrogen-bond donors (Lipinski definition) is 1. The van der Waals surface area contributed by atoms with Crippen LogP contribution in [0, 0.1) is 5.92 Å². The molecule has 0 aliphatic heterocycles. The summed E-state index contributed by atoms with van der Waals surface area (Å²) >= 11 is 0. The van der Waals surface area contributed by atoms with Crippen LogP contribution in [0.25, 0.3) is 0 Å². The topological polar surface area (TPSA) is 61.5 Å². The Balaban J connectivity index is 2.68. The van der Waals surface area contributed by atoms with Gasteiger partial charge >= 0.3 is 5.97 Å². The lowest BCUT2D eigenvalue weighted by Crippen LogP contribution is -2.09. The predicted octanol–water partition coefficient (Wildman–Crippen LogP) is 3.26. The van der Waals surface area contributed by atoms with Gasteiger partial charge in [-0.1, -0.05) is 20.8 Å². The molecule has 0 aliphatic rings. The quantitative estimate of drug-likeness (QED) is 0.607. The maximum atomic E-state index is 11.8. The van der Waals surface area contributed by atoms with Crippen LogP contribution >= 0.6 is 0 Å². The summed E-state index contributed by atoms with van der Waals surface area (Å²) in [5.41, 5.74) is 6.57. The van der Waals surface area contributed by atoms with Crippen molar-refractivity contribution in [2.75, 3.05) is 18.9 Å². The Hall–Kier alpha value is -1.71. The number of benzene rings is 1. The Bertz CT molecular complexity index is 416. The number of hydrogen-bond acceptors (Lipinski definition) is 4. The van der Waals surface area contributed by atoms with Gasteiger partial charge in [0.2, 0.25) is 0 Å². The first-order valence-corrected chi connectivity index (χ1v) is 6.74. The molecule has 0 unspecified atom stereocenters. The van der Waals surface area contributed by atoms with Crippen LogP contribution in [0.3, 0.4) is 0 Å². The highest BCUT2D eigenvalue weighted by Gasteiger charge is 2.12. The van der Waals surface area contributed by atoms with E-state index in [-0.39, 0.29) is 0 Å². The lowest BCUT2D eigenvalue weighted by atomic mass is 10.1. The van der Waals surface area contributed by atoms with E-state index in [1.165, 1.54) is 0 Å². The maximum Gasteiger partial charge on any atom is 0.340 e. The molecule has 2 N–H and O–H groups in total. The summed E-state index contributed by atoms with van der Waals surface area (Å²) in [6, 6.07) is 5.09. The van der Waals surface area contributed by atoms with E-state index in [1.807, 2.05) is 6.92 Å². The van der Waals surface area contributed by atoms with E-state index in [0.717, 1.165) is 12.8 Å². The SMILES string of the molecule is CCCOC(=O)c1cc(OCCC(C)C)ccc1N. The number of rotatable bonds is 7. The second kappa shape index (κ2) is 7.67. The Kier molecular flexibility index (Phi) is 6.19. The summed E-state index contributed by atoms with van der Waals surface area (Å²) in [6.07, 6.45) is 1.76. The minimum atomic E-state index is -0.395.